The molecule has 25 heavy (non-hydrogen) atoms. The van der Waals surface area contributed by atoms with Crippen molar-refractivity contribution in [2.45, 2.75) is 74.2 Å². The molecule has 2 aliphatic rings. The van der Waals surface area contributed by atoms with E-state index >= 15 is 0 Å². The van der Waals surface area contributed by atoms with Crippen molar-refractivity contribution in [1.29, 1.82) is 0 Å². The lowest BCUT2D eigenvalue weighted by atomic mass is 9.79. The Morgan fingerprint density at radius 2 is 1.92 bits per heavy atom. The first-order valence-corrected chi connectivity index (χ1v) is 10.5. The zero-order valence-corrected chi connectivity index (χ0v) is 16.4. The zero-order valence-electron chi connectivity index (χ0n) is 15.5. The van der Waals surface area contributed by atoms with Crippen molar-refractivity contribution in [1.82, 2.24) is 25.0 Å². The number of amides is 1. The van der Waals surface area contributed by atoms with Gasteiger partial charge in [-0.2, -0.15) is 0 Å². The average Bonchev–Trinajstić information content (AvgIpc) is 3.06. The topological polar surface area (TPSA) is 63.1 Å². The fourth-order valence-electron chi connectivity index (χ4n) is 4.17. The van der Waals surface area contributed by atoms with Gasteiger partial charge in [-0.25, -0.2) is 0 Å². The fourth-order valence-corrected chi connectivity index (χ4v) is 4.98. The maximum atomic E-state index is 12.6. The Bertz CT molecular complexity index is 564. The van der Waals surface area contributed by atoms with Crippen molar-refractivity contribution >= 4 is 17.7 Å². The molecule has 1 atom stereocenters. The highest BCUT2D eigenvalue weighted by molar-refractivity contribution is 8.00. The molecule has 0 aromatic carbocycles. The van der Waals surface area contributed by atoms with E-state index in [0.29, 0.717) is 0 Å². The van der Waals surface area contributed by atoms with E-state index in [-0.39, 0.29) is 16.7 Å². The molecule has 1 aromatic heterocycles. The third-order valence-corrected chi connectivity index (χ3v) is 6.87. The molecule has 1 aliphatic heterocycles. The minimum Gasteiger partial charge on any atom is -0.353 e. The Labute approximate surface area is 155 Å². The fraction of sp³-hybridized carbons (Fsp3) is 0.833. The molecule has 1 unspecified atom stereocenters. The summed E-state index contributed by atoms with van der Waals surface area (Å²) in [7, 11) is 1.90. The maximum Gasteiger partial charge on any atom is 0.233 e. The number of piperidine rings is 1. The molecule has 1 N–H and O–H groups in total. The highest BCUT2D eigenvalue weighted by atomic mass is 32.2. The lowest BCUT2D eigenvalue weighted by molar-refractivity contribution is -0.121. The Morgan fingerprint density at radius 1 is 1.24 bits per heavy atom. The molecule has 0 spiro atoms. The quantitative estimate of drug-likeness (QED) is 0.785. The minimum absolute atomic E-state index is 0.106. The molecule has 1 amide bonds. The van der Waals surface area contributed by atoms with Crippen LogP contribution in [0, 0.1) is 0 Å². The summed E-state index contributed by atoms with van der Waals surface area (Å²) < 4.78 is 1.85. The molecule has 1 saturated heterocycles. The van der Waals surface area contributed by atoms with Crippen LogP contribution in [0.1, 0.15) is 58.3 Å². The molecular weight excluding hydrogens is 334 g/mol. The molecule has 1 aromatic rings. The number of thioether (sulfide) groups is 1. The van der Waals surface area contributed by atoms with Crippen LogP contribution in [0.15, 0.2) is 11.5 Å². The Kier molecular flexibility index (Phi) is 6.39. The van der Waals surface area contributed by atoms with Crippen molar-refractivity contribution in [3.8, 4) is 0 Å². The van der Waals surface area contributed by atoms with E-state index in [1.165, 1.54) is 76.2 Å². The first-order chi connectivity index (χ1) is 12.1. The van der Waals surface area contributed by atoms with Gasteiger partial charge in [0.15, 0.2) is 5.16 Å². The maximum absolute atomic E-state index is 12.6. The van der Waals surface area contributed by atoms with Gasteiger partial charge in [0.1, 0.15) is 6.33 Å². The molecular formula is C18H31N5OS. The molecule has 140 valence electrons. The SMILES string of the molecule is CC(Sc1nncn1C)C(=O)NCC1(N2CCCCC2)CCCCC1. The van der Waals surface area contributed by atoms with Gasteiger partial charge in [0, 0.05) is 19.1 Å². The lowest BCUT2D eigenvalue weighted by Gasteiger charge is -2.48. The molecule has 3 rings (SSSR count). The summed E-state index contributed by atoms with van der Waals surface area (Å²) in [6.07, 6.45) is 12.0. The van der Waals surface area contributed by atoms with Crippen molar-refractivity contribution in [2.24, 2.45) is 7.05 Å². The van der Waals surface area contributed by atoms with Crippen molar-refractivity contribution in [3.05, 3.63) is 6.33 Å². The van der Waals surface area contributed by atoms with Crippen molar-refractivity contribution in [3.63, 3.8) is 0 Å². The van der Waals surface area contributed by atoms with Crippen molar-refractivity contribution < 1.29 is 4.79 Å². The number of hydrogen-bond donors (Lipinski definition) is 1. The second-order valence-corrected chi connectivity index (χ2v) is 8.84. The van der Waals surface area contributed by atoms with Crippen LogP contribution in [0.25, 0.3) is 0 Å². The predicted octanol–water partition coefficient (Wildman–Crippen LogP) is 2.60. The van der Waals surface area contributed by atoms with Crippen LogP contribution in [0.5, 0.6) is 0 Å². The number of nitrogens with one attached hydrogen (secondary N) is 1. The van der Waals surface area contributed by atoms with E-state index in [2.05, 4.69) is 20.4 Å². The first kappa shape index (κ1) is 18.7. The Hall–Kier alpha value is -1.08. The van der Waals surface area contributed by atoms with Gasteiger partial charge in [-0.1, -0.05) is 37.4 Å². The summed E-state index contributed by atoms with van der Waals surface area (Å²) in [5, 5.41) is 11.8. The number of hydrogen-bond acceptors (Lipinski definition) is 5. The molecule has 6 nitrogen and oxygen atoms in total. The number of aryl methyl sites for hydroxylation is 1. The van der Waals surface area contributed by atoms with Crippen LogP contribution in [0.4, 0.5) is 0 Å². The summed E-state index contributed by atoms with van der Waals surface area (Å²) in [4.78, 5) is 15.3. The first-order valence-electron chi connectivity index (χ1n) is 9.64. The molecule has 0 radical (unpaired) electrons. The number of aromatic nitrogens is 3. The number of nitrogens with zero attached hydrogens (tertiary/aromatic N) is 4. The van der Waals surface area contributed by atoms with E-state index in [4.69, 9.17) is 0 Å². The van der Waals surface area contributed by atoms with Crippen LogP contribution in [-0.4, -0.2) is 56.0 Å². The molecule has 2 fully saturated rings. The third-order valence-electron chi connectivity index (χ3n) is 5.72. The number of likely N-dealkylation sites (tertiary alicyclic amines) is 1. The van der Waals surface area contributed by atoms with Crippen LogP contribution in [0.3, 0.4) is 0 Å². The minimum atomic E-state index is -0.162. The van der Waals surface area contributed by atoms with E-state index in [9.17, 15) is 4.79 Å². The second-order valence-electron chi connectivity index (χ2n) is 7.54. The smallest absolute Gasteiger partial charge is 0.233 e. The van der Waals surface area contributed by atoms with Gasteiger partial charge < -0.3 is 9.88 Å². The van der Waals surface area contributed by atoms with E-state index < -0.39 is 0 Å². The summed E-state index contributed by atoms with van der Waals surface area (Å²) in [6.45, 7) is 5.12. The van der Waals surface area contributed by atoms with Crippen LogP contribution >= 0.6 is 11.8 Å². The van der Waals surface area contributed by atoms with Gasteiger partial charge in [0.05, 0.1) is 5.25 Å². The largest absolute Gasteiger partial charge is 0.353 e. The van der Waals surface area contributed by atoms with Gasteiger partial charge in [-0.05, 0) is 45.7 Å². The van der Waals surface area contributed by atoms with E-state index in [0.717, 1.165) is 11.7 Å². The molecule has 7 heteroatoms. The normalized spacial score (nSPS) is 22.5. The van der Waals surface area contributed by atoms with Crippen LogP contribution in [0.2, 0.25) is 0 Å². The number of carbonyl (C=O) groups excluding carboxylic acids is 1. The summed E-state index contributed by atoms with van der Waals surface area (Å²) >= 11 is 1.47. The predicted molar refractivity (Wildman–Crippen MR) is 101 cm³/mol. The highest BCUT2D eigenvalue weighted by Gasteiger charge is 2.38. The number of rotatable bonds is 6. The monoisotopic (exact) mass is 365 g/mol. The highest BCUT2D eigenvalue weighted by Crippen LogP contribution is 2.35. The standard InChI is InChI=1S/C18H31N5OS/c1-15(25-17-21-20-14-22(17)2)16(24)19-13-18(9-5-3-6-10-18)23-11-7-4-8-12-23/h14-15H,3-13H2,1-2H3,(H,19,24). The van der Waals surface area contributed by atoms with Crippen LogP contribution in [-0.2, 0) is 11.8 Å². The summed E-state index contributed by atoms with van der Waals surface area (Å²) in [5.41, 5.74) is 0.184. The van der Waals surface area contributed by atoms with Gasteiger partial charge in [-0.3, -0.25) is 9.69 Å². The van der Waals surface area contributed by atoms with Gasteiger partial charge in [0.2, 0.25) is 5.91 Å². The lowest BCUT2D eigenvalue weighted by Crippen LogP contribution is -2.58. The average molecular weight is 366 g/mol. The summed E-state index contributed by atoms with van der Waals surface area (Å²) in [5.74, 6) is 0.106. The van der Waals surface area contributed by atoms with Crippen LogP contribution < -0.4 is 5.32 Å². The second kappa shape index (κ2) is 8.54. The van der Waals surface area contributed by atoms with E-state index in [1.807, 2.05) is 18.5 Å². The van der Waals surface area contributed by atoms with E-state index in [1.54, 1.807) is 6.33 Å². The Morgan fingerprint density at radius 3 is 2.56 bits per heavy atom. The molecule has 2 heterocycles. The third kappa shape index (κ3) is 4.56. The van der Waals surface area contributed by atoms with Gasteiger partial charge in [0.25, 0.3) is 0 Å². The molecule has 1 saturated carbocycles. The molecule has 0 bridgehead atoms. The van der Waals surface area contributed by atoms with Gasteiger partial charge >= 0.3 is 0 Å². The zero-order chi connectivity index (χ0) is 17.7. The van der Waals surface area contributed by atoms with Crippen molar-refractivity contribution in [2.75, 3.05) is 19.6 Å². The summed E-state index contributed by atoms with van der Waals surface area (Å²) in [6, 6.07) is 0. The molecule has 1 aliphatic carbocycles. The Balaban J connectivity index is 1.58. The number of carbonyl (C=O) groups is 1. The van der Waals surface area contributed by atoms with Gasteiger partial charge in [-0.15, -0.1) is 10.2 Å².